The quantitative estimate of drug-likeness (QED) is 0.420. The first-order chi connectivity index (χ1) is 17.3. The molecule has 0 aromatic heterocycles. The van der Waals surface area contributed by atoms with Gasteiger partial charge in [-0.25, -0.2) is 4.39 Å². The number of hydrogen-bond acceptors (Lipinski definition) is 5. The van der Waals surface area contributed by atoms with E-state index in [0.717, 1.165) is 16.8 Å². The normalized spacial score (nSPS) is 19.7. The molecule has 4 rings (SSSR count). The van der Waals surface area contributed by atoms with Crippen LogP contribution in [0.2, 0.25) is 0 Å². The Balaban J connectivity index is 1.34. The molecule has 0 radical (unpaired) electrons. The van der Waals surface area contributed by atoms with E-state index in [4.69, 9.17) is 17.3 Å². The van der Waals surface area contributed by atoms with Crippen LogP contribution in [0.1, 0.15) is 37.3 Å². The maximum atomic E-state index is 13.3. The molecule has 1 amide bonds. The van der Waals surface area contributed by atoms with Crippen molar-refractivity contribution >= 4 is 23.2 Å². The molecular weight excluding hydrogens is 479 g/mol. The van der Waals surface area contributed by atoms with Crippen LogP contribution in [0.4, 0.5) is 10.1 Å². The Kier molecular flexibility index (Phi) is 8.01. The number of anilines is 1. The number of allylic oxidation sites excluding steroid dienone is 3. The standard InChI is InChI=1S/C28H32ClFN4O2/c1-2-24(31)26(25-12-7-21(29)18-32-25)27(35)33-17-19-3-10-23(11-4-19)34-15-13-28(36,14-16-34)20-5-8-22(30)9-6-20/h3-12,18,25,32,36H,2,13-17,31H2,1H3,(H,33,35)/b26-24+/t25-/m0/s1. The first-order valence-corrected chi connectivity index (χ1v) is 12.6. The van der Waals surface area contributed by atoms with Crippen molar-refractivity contribution in [2.75, 3.05) is 18.0 Å². The Morgan fingerprint density at radius 2 is 1.86 bits per heavy atom. The van der Waals surface area contributed by atoms with Gasteiger partial charge in [-0.2, -0.15) is 0 Å². The van der Waals surface area contributed by atoms with Crippen molar-refractivity contribution in [2.24, 2.45) is 5.73 Å². The van der Waals surface area contributed by atoms with Crippen LogP contribution in [0, 0.1) is 5.82 Å². The Labute approximate surface area is 216 Å². The van der Waals surface area contributed by atoms with Gasteiger partial charge in [0.15, 0.2) is 0 Å². The molecule has 0 saturated carbocycles. The van der Waals surface area contributed by atoms with Crippen molar-refractivity contribution in [1.29, 1.82) is 0 Å². The van der Waals surface area contributed by atoms with E-state index in [1.165, 1.54) is 12.1 Å². The Bertz CT molecular complexity index is 1170. The molecule has 0 bridgehead atoms. The molecule has 0 aliphatic carbocycles. The minimum absolute atomic E-state index is 0.219. The van der Waals surface area contributed by atoms with Gasteiger partial charge in [0.05, 0.1) is 22.2 Å². The van der Waals surface area contributed by atoms with Gasteiger partial charge in [0.25, 0.3) is 5.91 Å². The van der Waals surface area contributed by atoms with Gasteiger partial charge in [-0.1, -0.05) is 48.9 Å². The Morgan fingerprint density at radius 1 is 1.19 bits per heavy atom. The predicted molar refractivity (Wildman–Crippen MR) is 142 cm³/mol. The monoisotopic (exact) mass is 510 g/mol. The third-order valence-corrected chi connectivity index (χ3v) is 7.09. The lowest BCUT2D eigenvalue weighted by Crippen LogP contribution is -2.42. The summed E-state index contributed by atoms with van der Waals surface area (Å²) >= 11 is 5.97. The van der Waals surface area contributed by atoms with E-state index in [1.54, 1.807) is 24.4 Å². The summed E-state index contributed by atoms with van der Waals surface area (Å²) < 4.78 is 13.3. The summed E-state index contributed by atoms with van der Waals surface area (Å²) in [5.74, 6) is -0.523. The molecular formula is C28H32ClFN4O2. The molecule has 2 aliphatic rings. The van der Waals surface area contributed by atoms with Gasteiger partial charge in [-0.3, -0.25) is 4.79 Å². The van der Waals surface area contributed by atoms with E-state index < -0.39 is 5.60 Å². The largest absolute Gasteiger partial charge is 0.402 e. The summed E-state index contributed by atoms with van der Waals surface area (Å²) in [7, 11) is 0. The molecule has 1 fully saturated rings. The number of nitrogens with one attached hydrogen (secondary N) is 2. The molecule has 1 atom stereocenters. The van der Waals surface area contributed by atoms with E-state index in [0.29, 0.717) is 55.2 Å². The lowest BCUT2D eigenvalue weighted by atomic mass is 9.84. The van der Waals surface area contributed by atoms with Gasteiger partial charge in [-0.05, 0) is 60.7 Å². The van der Waals surface area contributed by atoms with Crippen molar-refractivity contribution in [2.45, 2.75) is 44.4 Å². The average molecular weight is 511 g/mol. The zero-order valence-electron chi connectivity index (χ0n) is 20.3. The summed E-state index contributed by atoms with van der Waals surface area (Å²) in [5.41, 5.74) is 9.03. The second-order valence-electron chi connectivity index (χ2n) is 9.20. The number of benzene rings is 2. The number of amides is 1. The van der Waals surface area contributed by atoms with Gasteiger partial charge in [0, 0.05) is 37.2 Å². The number of halogens is 2. The number of piperidine rings is 1. The molecule has 2 aromatic carbocycles. The summed E-state index contributed by atoms with van der Waals surface area (Å²) in [6.45, 7) is 3.66. The van der Waals surface area contributed by atoms with Crippen molar-refractivity contribution in [3.63, 3.8) is 0 Å². The minimum atomic E-state index is -0.941. The molecule has 2 heterocycles. The molecule has 36 heavy (non-hydrogen) atoms. The van der Waals surface area contributed by atoms with Gasteiger partial charge >= 0.3 is 0 Å². The number of carbonyl (C=O) groups is 1. The van der Waals surface area contributed by atoms with Crippen LogP contribution in [0.3, 0.4) is 0 Å². The summed E-state index contributed by atoms with van der Waals surface area (Å²) in [4.78, 5) is 15.2. The fraction of sp³-hybridized carbons (Fsp3) is 0.321. The lowest BCUT2D eigenvalue weighted by Gasteiger charge is -2.39. The van der Waals surface area contributed by atoms with E-state index in [9.17, 15) is 14.3 Å². The van der Waals surface area contributed by atoms with Crippen molar-refractivity contribution in [3.05, 3.63) is 100 Å². The van der Waals surface area contributed by atoms with Gasteiger partial charge in [0.2, 0.25) is 0 Å². The van der Waals surface area contributed by atoms with Crippen molar-refractivity contribution in [1.82, 2.24) is 10.6 Å². The second-order valence-corrected chi connectivity index (χ2v) is 9.64. The van der Waals surface area contributed by atoms with Crippen LogP contribution in [-0.4, -0.2) is 30.1 Å². The third kappa shape index (κ3) is 5.91. The van der Waals surface area contributed by atoms with Crippen LogP contribution in [0.25, 0.3) is 0 Å². The molecule has 0 spiro atoms. The zero-order chi connectivity index (χ0) is 25.7. The summed E-state index contributed by atoms with van der Waals surface area (Å²) in [5, 5.41) is 17.7. The highest BCUT2D eigenvalue weighted by atomic mass is 35.5. The van der Waals surface area contributed by atoms with Gasteiger partial charge < -0.3 is 26.4 Å². The summed E-state index contributed by atoms with van der Waals surface area (Å²) in [6, 6.07) is 13.8. The van der Waals surface area contributed by atoms with Gasteiger partial charge in [-0.15, -0.1) is 0 Å². The second kappa shape index (κ2) is 11.2. The lowest BCUT2D eigenvalue weighted by molar-refractivity contribution is -0.117. The maximum Gasteiger partial charge on any atom is 0.251 e. The molecule has 1 saturated heterocycles. The maximum absolute atomic E-state index is 13.3. The topological polar surface area (TPSA) is 90.6 Å². The molecule has 6 nitrogen and oxygen atoms in total. The van der Waals surface area contributed by atoms with E-state index in [-0.39, 0.29) is 17.8 Å². The van der Waals surface area contributed by atoms with Crippen LogP contribution >= 0.6 is 11.6 Å². The third-order valence-electron chi connectivity index (χ3n) is 6.86. The number of carbonyl (C=O) groups excluding carboxylic acids is 1. The average Bonchev–Trinajstić information content (AvgIpc) is 2.89. The zero-order valence-corrected chi connectivity index (χ0v) is 21.1. The van der Waals surface area contributed by atoms with Crippen molar-refractivity contribution < 1.29 is 14.3 Å². The molecule has 190 valence electrons. The molecule has 2 aliphatic heterocycles. The highest BCUT2D eigenvalue weighted by Gasteiger charge is 2.34. The number of rotatable bonds is 7. The first kappa shape index (κ1) is 25.8. The molecule has 2 aromatic rings. The van der Waals surface area contributed by atoms with E-state index >= 15 is 0 Å². The SMILES string of the molecule is CC/C(N)=C(\C(=O)NCc1ccc(N2CCC(O)(c3ccc(F)cc3)CC2)cc1)[C@@H]1C=CC(Cl)=CN1. The van der Waals surface area contributed by atoms with E-state index in [2.05, 4.69) is 15.5 Å². The van der Waals surface area contributed by atoms with Crippen LogP contribution in [-0.2, 0) is 16.9 Å². The number of dihydropyridines is 1. The number of nitrogens with zero attached hydrogens (tertiary/aromatic N) is 1. The van der Waals surface area contributed by atoms with Crippen LogP contribution in [0.5, 0.6) is 0 Å². The molecule has 5 N–H and O–H groups in total. The fourth-order valence-corrected chi connectivity index (χ4v) is 4.74. The van der Waals surface area contributed by atoms with Crippen molar-refractivity contribution in [3.8, 4) is 0 Å². The number of hydrogen-bond donors (Lipinski definition) is 4. The highest BCUT2D eigenvalue weighted by Crippen LogP contribution is 2.34. The van der Waals surface area contributed by atoms with Crippen LogP contribution < -0.4 is 21.3 Å². The minimum Gasteiger partial charge on any atom is -0.402 e. The summed E-state index contributed by atoms with van der Waals surface area (Å²) in [6.07, 6.45) is 6.92. The van der Waals surface area contributed by atoms with Gasteiger partial charge in [0.1, 0.15) is 5.82 Å². The Morgan fingerprint density at radius 3 is 2.44 bits per heavy atom. The van der Waals surface area contributed by atoms with Crippen LogP contribution in [0.15, 0.2) is 83.2 Å². The Hall–Kier alpha value is -3.29. The fourth-order valence-electron chi connectivity index (χ4n) is 4.60. The molecule has 8 heteroatoms. The highest BCUT2D eigenvalue weighted by molar-refractivity contribution is 6.31. The molecule has 0 unspecified atom stereocenters. The number of nitrogens with two attached hydrogens (primary N) is 1. The van der Waals surface area contributed by atoms with E-state index in [1.807, 2.05) is 37.3 Å². The smallest absolute Gasteiger partial charge is 0.251 e. The predicted octanol–water partition coefficient (Wildman–Crippen LogP) is 4.16. The first-order valence-electron chi connectivity index (χ1n) is 12.2. The number of aliphatic hydroxyl groups is 1.